The van der Waals surface area contributed by atoms with Gasteiger partial charge in [0.2, 0.25) is 5.95 Å². The summed E-state index contributed by atoms with van der Waals surface area (Å²) in [7, 11) is 0. The zero-order valence-electron chi connectivity index (χ0n) is 11.7. The molecule has 96 valence electrons. The van der Waals surface area contributed by atoms with E-state index < -0.39 is 0 Å². The van der Waals surface area contributed by atoms with Crippen molar-refractivity contribution in [3.05, 3.63) is 17.8 Å². The van der Waals surface area contributed by atoms with E-state index in [9.17, 15) is 0 Å². The minimum Gasteiger partial charge on any atom is -0.369 e. The highest BCUT2D eigenvalue weighted by Gasteiger charge is 2.66. The van der Waals surface area contributed by atoms with Gasteiger partial charge in [-0.1, -0.05) is 27.7 Å². The Balaban J connectivity index is 2.23. The van der Waals surface area contributed by atoms with Crippen molar-refractivity contribution in [3.63, 3.8) is 0 Å². The zero-order valence-corrected chi connectivity index (χ0v) is 11.7. The van der Waals surface area contributed by atoms with Crippen molar-refractivity contribution in [2.75, 3.05) is 5.73 Å². The van der Waals surface area contributed by atoms with Gasteiger partial charge in [0.15, 0.2) is 5.65 Å². The van der Waals surface area contributed by atoms with Gasteiger partial charge >= 0.3 is 0 Å². The van der Waals surface area contributed by atoms with Gasteiger partial charge in [-0.15, -0.1) is 0 Å². The summed E-state index contributed by atoms with van der Waals surface area (Å²) in [5.74, 6) is 0.576. The third-order valence-corrected chi connectivity index (χ3v) is 4.90. The second kappa shape index (κ2) is 3.05. The van der Waals surface area contributed by atoms with Gasteiger partial charge in [0.1, 0.15) is 5.52 Å². The summed E-state index contributed by atoms with van der Waals surface area (Å²) < 4.78 is 2.11. The quantitative estimate of drug-likeness (QED) is 0.839. The number of aryl methyl sites for hydroxylation is 1. The Labute approximate surface area is 107 Å². The highest BCUT2D eigenvalue weighted by Crippen LogP contribution is 2.72. The molecule has 4 heteroatoms. The number of imidazole rings is 1. The molecule has 1 saturated carbocycles. The van der Waals surface area contributed by atoms with Crippen LogP contribution in [-0.4, -0.2) is 14.5 Å². The average molecular weight is 244 g/mol. The molecule has 0 bridgehead atoms. The maximum Gasteiger partial charge on any atom is 0.202 e. The van der Waals surface area contributed by atoms with Crippen molar-refractivity contribution in [2.45, 2.75) is 40.7 Å². The Morgan fingerprint density at radius 2 is 1.83 bits per heavy atom. The first-order valence-electron chi connectivity index (χ1n) is 6.37. The summed E-state index contributed by atoms with van der Waals surface area (Å²) in [6, 6.07) is 2.41. The molecule has 2 aromatic heterocycles. The number of rotatable bonds is 1. The summed E-state index contributed by atoms with van der Waals surface area (Å²) in [4.78, 5) is 8.96. The second-order valence-electron chi connectivity index (χ2n) is 6.54. The Hall–Kier alpha value is -1.58. The van der Waals surface area contributed by atoms with Gasteiger partial charge in [0.25, 0.3) is 0 Å². The Kier molecular flexibility index (Phi) is 1.95. The molecule has 2 heterocycles. The fraction of sp³-hybridized carbons (Fsp3) is 0.571. The number of hydrogen-bond donors (Lipinski definition) is 1. The van der Waals surface area contributed by atoms with Crippen LogP contribution < -0.4 is 5.73 Å². The highest BCUT2D eigenvalue weighted by atomic mass is 15.3. The number of nitrogens with two attached hydrogens (primary N) is 1. The highest BCUT2D eigenvalue weighted by molar-refractivity contribution is 5.75. The van der Waals surface area contributed by atoms with Crippen LogP contribution in [0.4, 0.5) is 5.95 Å². The number of aromatic nitrogens is 3. The lowest BCUT2D eigenvalue weighted by atomic mass is 10.0. The van der Waals surface area contributed by atoms with Gasteiger partial charge in [-0.05, 0) is 29.4 Å². The van der Waals surface area contributed by atoms with Crippen molar-refractivity contribution >= 4 is 17.1 Å². The van der Waals surface area contributed by atoms with Crippen LogP contribution in [0.15, 0.2) is 12.3 Å². The lowest BCUT2D eigenvalue weighted by Crippen LogP contribution is -2.06. The first kappa shape index (κ1) is 11.5. The van der Waals surface area contributed by atoms with E-state index in [1.54, 1.807) is 0 Å². The number of nitrogen functional groups attached to an aromatic ring is 1. The molecule has 0 atom stereocenters. The van der Waals surface area contributed by atoms with E-state index in [2.05, 4.69) is 42.2 Å². The Bertz CT molecular complexity index is 623. The molecule has 0 aliphatic heterocycles. The fourth-order valence-electron chi connectivity index (χ4n) is 3.16. The van der Waals surface area contributed by atoms with E-state index in [0.29, 0.717) is 12.0 Å². The van der Waals surface area contributed by atoms with Gasteiger partial charge in [0, 0.05) is 12.2 Å². The van der Waals surface area contributed by atoms with Crippen LogP contribution >= 0.6 is 0 Å². The van der Waals surface area contributed by atoms with Gasteiger partial charge < -0.3 is 5.73 Å². The van der Waals surface area contributed by atoms with Gasteiger partial charge in [-0.3, -0.25) is 4.57 Å². The van der Waals surface area contributed by atoms with Gasteiger partial charge in [-0.2, -0.15) is 0 Å². The topological polar surface area (TPSA) is 56.7 Å². The molecule has 1 aliphatic carbocycles. The number of nitrogens with zero attached hydrogens (tertiary/aromatic N) is 3. The zero-order chi connectivity index (χ0) is 13.3. The molecule has 1 fully saturated rings. The van der Waals surface area contributed by atoms with Crippen molar-refractivity contribution in [1.29, 1.82) is 0 Å². The lowest BCUT2D eigenvalue weighted by Gasteiger charge is -2.07. The molecule has 0 amide bonds. The van der Waals surface area contributed by atoms with Crippen molar-refractivity contribution < 1.29 is 0 Å². The van der Waals surface area contributed by atoms with E-state index in [-0.39, 0.29) is 10.8 Å². The smallest absolute Gasteiger partial charge is 0.202 e. The van der Waals surface area contributed by atoms with Crippen molar-refractivity contribution in [3.8, 4) is 0 Å². The van der Waals surface area contributed by atoms with Crippen LogP contribution in [0.2, 0.25) is 0 Å². The number of fused-ring (bicyclic) bond motifs is 1. The van der Waals surface area contributed by atoms with Crippen LogP contribution in [0.3, 0.4) is 0 Å². The molecule has 0 saturated heterocycles. The second-order valence-corrected chi connectivity index (χ2v) is 6.54. The number of anilines is 1. The molecule has 3 rings (SSSR count). The van der Waals surface area contributed by atoms with Gasteiger partial charge in [0.05, 0.1) is 0 Å². The molecule has 0 radical (unpaired) electrons. The lowest BCUT2D eigenvalue weighted by molar-refractivity contribution is 0.457. The summed E-state index contributed by atoms with van der Waals surface area (Å²) >= 11 is 0. The SMILES string of the molecule is Cc1cnc2c(c1)nc(N)n2C1C(C)(C)C1(C)C. The monoisotopic (exact) mass is 244 g/mol. The van der Waals surface area contributed by atoms with Crippen molar-refractivity contribution in [2.24, 2.45) is 10.8 Å². The molecule has 0 aromatic carbocycles. The molecule has 0 spiro atoms. The molecule has 2 N–H and O–H groups in total. The largest absolute Gasteiger partial charge is 0.369 e. The first-order chi connectivity index (χ1) is 8.26. The van der Waals surface area contributed by atoms with Crippen LogP contribution in [0.25, 0.3) is 11.2 Å². The molecular formula is C14H20N4. The molecule has 1 aliphatic rings. The summed E-state index contributed by atoms with van der Waals surface area (Å²) in [6.45, 7) is 11.1. The van der Waals surface area contributed by atoms with Crippen LogP contribution in [0.5, 0.6) is 0 Å². The molecular weight excluding hydrogens is 224 g/mol. The summed E-state index contributed by atoms with van der Waals surface area (Å²) in [5, 5.41) is 0. The standard InChI is InChI=1S/C14H20N4/c1-8-6-9-10(16-7-8)18(12(15)17-9)11-13(2,3)14(11,4)5/h6-7,11H,1-5H3,(H2,15,17). The maximum absolute atomic E-state index is 6.10. The molecule has 0 unspecified atom stereocenters. The summed E-state index contributed by atoms with van der Waals surface area (Å²) in [5.41, 5.74) is 9.46. The third-order valence-electron chi connectivity index (χ3n) is 4.90. The molecule has 18 heavy (non-hydrogen) atoms. The van der Waals surface area contributed by atoms with E-state index in [4.69, 9.17) is 5.73 Å². The first-order valence-corrected chi connectivity index (χ1v) is 6.37. The number of hydrogen-bond acceptors (Lipinski definition) is 3. The van der Waals surface area contributed by atoms with Crippen LogP contribution in [-0.2, 0) is 0 Å². The Morgan fingerprint density at radius 1 is 1.22 bits per heavy atom. The third kappa shape index (κ3) is 1.21. The normalized spacial score (nSPS) is 21.4. The van der Waals surface area contributed by atoms with E-state index in [0.717, 1.165) is 16.7 Å². The van der Waals surface area contributed by atoms with Crippen molar-refractivity contribution in [1.82, 2.24) is 14.5 Å². The average Bonchev–Trinajstić information content (AvgIpc) is 2.52. The minimum atomic E-state index is 0.224. The van der Waals surface area contributed by atoms with E-state index in [1.165, 1.54) is 0 Å². The molecule has 4 nitrogen and oxygen atoms in total. The van der Waals surface area contributed by atoms with E-state index in [1.807, 2.05) is 19.2 Å². The summed E-state index contributed by atoms with van der Waals surface area (Å²) in [6.07, 6.45) is 1.88. The van der Waals surface area contributed by atoms with Gasteiger partial charge in [-0.25, -0.2) is 9.97 Å². The molecule has 2 aromatic rings. The Morgan fingerprint density at radius 3 is 2.39 bits per heavy atom. The van der Waals surface area contributed by atoms with Crippen LogP contribution in [0, 0.1) is 17.8 Å². The predicted molar refractivity (Wildman–Crippen MR) is 73.3 cm³/mol. The van der Waals surface area contributed by atoms with E-state index >= 15 is 0 Å². The van der Waals surface area contributed by atoms with Crippen LogP contribution in [0.1, 0.15) is 39.3 Å². The fourth-order valence-corrected chi connectivity index (χ4v) is 3.16. The maximum atomic E-state index is 6.10. The number of pyridine rings is 1. The predicted octanol–water partition coefficient (Wildman–Crippen LogP) is 2.93. The minimum absolute atomic E-state index is 0.224.